The number of unbranched alkanes of at least 4 members (excludes halogenated alkanes) is 3. The summed E-state index contributed by atoms with van der Waals surface area (Å²) in [6.45, 7) is 8.82. The summed E-state index contributed by atoms with van der Waals surface area (Å²) in [6.07, 6.45) is 6.96. The number of hydrogen-bond donors (Lipinski definition) is 0. The molecule has 0 aliphatic rings. The number of rotatable bonds is 21. The Balaban J connectivity index is 1.39. The van der Waals surface area contributed by atoms with E-state index in [0.29, 0.717) is 56.3 Å². The normalized spacial score (nSPS) is 11.2. The molecular formula is C36H43ClN2O5S. The number of benzene rings is 2. The van der Waals surface area contributed by atoms with Crippen LogP contribution < -0.4 is 9.64 Å². The van der Waals surface area contributed by atoms with Crippen molar-refractivity contribution in [1.29, 1.82) is 5.26 Å². The Morgan fingerprint density at radius 2 is 1.76 bits per heavy atom. The number of allylic oxidation sites excluding steroid dienone is 2. The van der Waals surface area contributed by atoms with Gasteiger partial charge in [0.15, 0.2) is 5.76 Å². The van der Waals surface area contributed by atoms with Gasteiger partial charge in [0.1, 0.15) is 18.4 Å². The fourth-order valence-electron chi connectivity index (χ4n) is 4.37. The third-order valence-electron chi connectivity index (χ3n) is 7.00. The van der Waals surface area contributed by atoms with Gasteiger partial charge in [-0.05, 0) is 55.3 Å². The third-order valence-corrected chi connectivity index (χ3v) is 8.41. The van der Waals surface area contributed by atoms with E-state index >= 15 is 0 Å². The molecule has 0 bridgehead atoms. The van der Waals surface area contributed by atoms with Crippen molar-refractivity contribution in [3.63, 3.8) is 0 Å². The van der Waals surface area contributed by atoms with Crippen molar-refractivity contribution >= 4 is 50.3 Å². The number of carbonyl (C=O) groups excluding carboxylic acids is 1. The Kier molecular flexibility index (Phi) is 16.3. The highest BCUT2D eigenvalue weighted by molar-refractivity contribution is 7.20. The fourth-order valence-corrected chi connectivity index (χ4v) is 5.58. The average molecular weight is 651 g/mol. The van der Waals surface area contributed by atoms with Crippen LogP contribution in [-0.4, -0.2) is 58.5 Å². The van der Waals surface area contributed by atoms with Crippen LogP contribution in [0, 0.1) is 18.3 Å². The molecule has 0 amide bonds. The van der Waals surface area contributed by atoms with E-state index in [1.807, 2.05) is 67.4 Å². The molecular weight excluding hydrogens is 608 g/mol. The third kappa shape index (κ3) is 12.8. The van der Waals surface area contributed by atoms with Crippen LogP contribution in [0.1, 0.15) is 49.0 Å². The monoisotopic (exact) mass is 650 g/mol. The molecule has 45 heavy (non-hydrogen) atoms. The molecule has 3 rings (SSSR count). The maximum Gasteiger partial charge on any atom is 0.305 e. The molecule has 0 saturated carbocycles. The van der Waals surface area contributed by atoms with Gasteiger partial charge in [0.05, 0.1) is 25.3 Å². The topological polar surface area (TPSA) is 81.0 Å². The predicted octanol–water partition coefficient (Wildman–Crippen LogP) is 8.46. The highest BCUT2D eigenvalue weighted by atomic mass is 35.5. The van der Waals surface area contributed by atoms with Gasteiger partial charge in [-0.1, -0.05) is 49.4 Å². The van der Waals surface area contributed by atoms with Crippen LogP contribution in [0.5, 0.6) is 5.75 Å². The number of alkyl halides is 1. The Labute approximate surface area is 276 Å². The number of hydrogen-bond acceptors (Lipinski definition) is 8. The van der Waals surface area contributed by atoms with Gasteiger partial charge in [-0.25, -0.2) is 0 Å². The average Bonchev–Trinajstić information content (AvgIpc) is 3.48. The lowest BCUT2D eigenvalue weighted by atomic mass is 10.1. The van der Waals surface area contributed by atoms with Gasteiger partial charge in [0.2, 0.25) is 0 Å². The van der Waals surface area contributed by atoms with Crippen molar-refractivity contribution in [2.45, 2.75) is 45.4 Å². The van der Waals surface area contributed by atoms with E-state index in [1.54, 1.807) is 17.4 Å². The van der Waals surface area contributed by atoms with Crippen molar-refractivity contribution < 1.29 is 23.7 Å². The summed E-state index contributed by atoms with van der Waals surface area (Å²) in [5.41, 5.74) is 5.12. The molecule has 0 saturated heterocycles. The van der Waals surface area contributed by atoms with Crippen molar-refractivity contribution in [1.82, 2.24) is 0 Å². The summed E-state index contributed by atoms with van der Waals surface area (Å²) in [6, 6.07) is 18.2. The number of fused-ring (bicyclic) bond motifs is 1. The Morgan fingerprint density at radius 1 is 1.00 bits per heavy atom. The zero-order valence-electron chi connectivity index (χ0n) is 26.3. The molecule has 0 fully saturated rings. The van der Waals surface area contributed by atoms with Crippen molar-refractivity contribution in [2.24, 2.45) is 0 Å². The first-order chi connectivity index (χ1) is 21.9. The van der Waals surface area contributed by atoms with E-state index in [-0.39, 0.29) is 12.6 Å². The maximum atomic E-state index is 12.2. The van der Waals surface area contributed by atoms with Gasteiger partial charge < -0.3 is 23.8 Å². The minimum Gasteiger partial charge on any atom is -0.464 e. The van der Waals surface area contributed by atoms with E-state index in [1.165, 1.54) is 0 Å². The lowest BCUT2D eigenvalue weighted by Crippen LogP contribution is -2.24. The number of halogens is 1. The van der Waals surface area contributed by atoms with E-state index < -0.39 is 0 Å². The molecule has 1 aromatic heterocycles. The van der Waals surface area contributed by atoms with E-state index in [0.717, 1.165) is 64.4 Å². The Hall–Kier alpha value is -3.57. The summed E-state index contributed by atoms with van der Waals surface area (Å²) in [5, 5.41) is 10.9. The van der Waals surface area contributed by atoms with Crippen molar-refractivity contribution in [3.05, 3.63) is 83.1 Å². The van der Waals surface area contributed by atoms with E-state index in [4.69, 9.17) is 30.5 Å². The minimum atomic E-state index is -0.243. The van der Waals surface area contributed by atoms with Crippen LogP contribution in [0.4, 0.5) is 5.69 Å². The van der Waals surface area contributed by atoms with Crippen molar-refractivity contribution in [3.8, 4) is 11.8 Å². The number of aryl methyl sites for hydroxylation is 1. The van der Waals surface area contributed by atoms with Crippen LogP contribution in [0.2, 0.25) is 0 Å². The van der Waals surface area contributed by atoms with Gasteiger partial charge in [-0.3, -0.25) is 4.79 Å². The lowest BCUT2D eigenvalue weighted by Gasteiger charge is -2.21. The first kappa shape index (κ1) is 35.9. The smallest absolute Gasteiger partial charge is 0.305 e. The molecule has 0 spiro atoms. The molecule has 0 N–H and O–H groups in total. The largest absolute Gasteiger partial charge is 0.464 e. The number of carbonyl (C=O) groups is 1. The maximum absolute atomic E-state index is 12.2. The van der Waals surface area contributed by atoms with Crippen LogP contribution in [0.15, 0.2) is 72.7 Å². The molecule has 9 heteroatoms. The van der Waals surface area contributed by atoms with E-state index in [2.05, 4.69) is 18.4 Å². The lowest BCUT2D eigenvalue weighted by molar-refractivity contribution is -0.143. The van der Waals surface area contributed by atoms with E-state index in [9.17, 15) is 10.1 Å². The number of likely N-dealkylation sites (N-methyl/N-ethyl adjacent to an activating group) is 1. The number of anilines is 1. The summed E-state index contributed by atoms with van der Waals surface area (Å²) in [4.78, 5) is 15.0. The number of nitriles is 1. The number of thiophene rings is 1. The predicted molar refractivity (Wildman–Crippen MR) is 184 cm³/mol. The number of nitrogens with zero attached hydrogens (tertiary/aromatic N) is 2. The Bertz CT molecular complexity index is 1460. The molecule has 0 atom stereocenters. The molecule has 3 aromatic rings. The van der Waals surface area contributed by atoms with Gasteiger partial charge in [0, 0.05) is 60.0 Å². The summed E-state index contributed by atoms with van der Waals surface area (Å²) >= 11 is 7.23. The van der Waals surface area contributed by atoms with Crippen LogP contribution in [0.3, 0.4) is 0 Å². The summed E-state index contributed by atoms with van der Waals surface area (Å²) in [7, 11) is 1.93. The highest BCUT2D eigenvalue weighted by Crippen LogP contribution is 2.32. The second-order valence-corrected chi connectivity index (χ2v) is 11.9. The number of esters is 1. The number of ether oxygens (including phenoxy) is 4. The van der Waals surface area contributed by atoms with Crippen LogP contribution in [-0.2, 0) is 19.0 Å². The second kappa shape index (κ2) is 20.5. The zero-order valence-corrected chi connectivity index (χ0v) is 27.9. The first-order valence-electron chi connectivity index (χ1n) is 15.3. The SMILES string of the molecule is C=C=C(/C=C(\C#N)c1cc2ccccc2s1)Oc1cc(N(C)CCOC(=O)CCCOCCOCCCCCCCl)ccc1C. The standard InChI is InChI=1S/C36H43ClN2O5S/c1-4-32(24-30(27-38)35-25-29-12-7-8-13-34(29)45-35)44-33-26-31(16-15-28(33)2)39(3)18-21-43-36(40)14-11-20-42-23-22-41-19-10-6-5-9-17-37/h7-8,12-13,15-16,24-26H,1,5-6,9-11,14,17-23H2,2-3H3/b30-24+. The van der Waals surface area contributed by atoms with Crippen LogP contribution >= 0.6 is 22.9 Å². The Morgan fingerprint density at radius 3 is 2.49 bits per heavy atom. The first-order valence-corrected chi connectivity index (χ1v) is 16.7. The molecule has 7 nitrogen and oxygen atoms in total. The molecule has 1 heterocycles. The molecule has 2 aromatic carbocycles. The van der Waals surface area contributed by atoms with Gasteiger partial charge in [-0.2, -0.15) is 5.26 Å². The summed E-state index contributed by atoms with van der Waals surface area (Å²) in [5.74, 6) is 1.46. The summed E-state index contributed by atoms with van der Waals surface area (Å²) < 4.78 is 23.8. The van der Waals surface area contributed by atoms with Crippen molar-refractivity contribution in [2.75, 3.05) is 57.4 Å². The second-order valence-electron chi connectivity index (χ2n) is 10.5. The molecule has 0 unspecified atom stereocenters. The zero-order chi connectivity index (χ0) is 32.3. The molecule has 0 aliphatic carbocycles. The van der Waals surface area contributed by atoms with Gasteiger partial charge in [-0.15, -0.1) is 22.9 Å². The minimum absolute atomic E-state index is 0.243. The highest BCUT2D eigenvalue weighted by Gasteiger charge is 2.12. The molecule has 240 valence electrons. The van der Waals surface area contributed by atoms with Gasteiger partial charge >= 0.3 is 5.97 Å². The van der Waals surface area contributed by atoms with Crippen LogP contribution in [0.25, 0.3) is 15.7 Å². The fraction of sp³-hybridized carbons (Fsp3) is 0.417. The quantitative estimate of drug-likeness (QED) is 0.0218. The molecule has 0 radical (unpaired) electrons. The molecule has 0 aliphatic heterocycles. The van der Waals surface area contributed by atoms with Gasteiger partial charge in [0.25, 0.3) is 0 Å².